The van der Waals surface area contributed by atoms with E-state index in [1.165, 1.54) is 0 Å². The van der Waals surface area contributed by atoms with Crippen LogP contribution in [0.5, 0.6) is 0 Å². The third-order valence-corrected chi connectivity index (χ3v) is 4.49. The highest BCUT2D eigenvalue weighted by molar-refractivity contribution is 5.76. The number of carbonyl (C=O) groups is 1. The number of aliphatic hydroxyl groups is 1. The Bertz CT molecular complexity index is 487. The van der Waals surface area contributed by atoms with E-state index in [2.05, 4.69) is 43.4 Å². The van der Waals surface area contributed by atoms with Crippen LogP contribution in [-0.4, -0.2) is 23.3 Å². The first-order chi connectivity index (χ1) is 11.2. The van der Waals surface area contributed by atoms with Crippen LogP contribution in [0.2, 0.25) is 0 Å². The number of carbonyl (C=O) groups excluding carboxylic acids is 1. The van der Waals surface area contributed by atoms with E-state index in [0.29, 0.717) is 6.42 Å². The Morgan fingerprint density at radius 1 is 1.00 bits per heavy atom. The molecule has 3 heteroatoms. The second kappa shape index (κ2) is 9.51. The monoisotopic (exact) mass is 316 g/mol. The molecule has 23 heavy (non-hydrogen) atoms. The Balaban J connectivity index is 1.66. The molecule has 2 aliphatic rings. The molecule has 1 heterocycles. The fourth-order valence-electron chi connectivity index (χ4n) is 3.29. The lowest BCUT2D eigenvalue weighted by Crippen LogP contribution is -2.25. The summed E-state index contributed by atoms with van der Waals surface area (Å²) in [7, 11) is 0. The molecule has 1 aliphatic carbocycles. The van der Waals surface area contributed by atoms with Gasteiger partial charge in [0.2, 0.25) is 0 Å². The molecule has 0 amide bonds. The van der Waals surface area contributed by atoms with Gasteiger partial charge < -0.3 is 9.84 Å². The van der Waals surface area contributed by atoms with Gasteiger partial charge in [0, 0.05) is 5.92 Å². The highest BCUT2D eigenvalue weighted by atomic mass is 16.6. The number of allylic oxidation sites excluding steroid dienone is 7. The van der Waals surface area contributed by atoms with Crippen LogP contribution in [-0.2, 0) is 9.53 Å². The maximum atomic E-state index is 11.7. The fourth-order valence-corrected chi connectivity index (χ4v) is 3.29. The molecule has 2 fully saturated rings. The minimum absolute atomic E-state index is 0.0400. The molecule has 0 aromatic carbocycles. The van der Waals surface area contributed by atoms with Gasteiger partial charge in [0.05, 0.1) is 12.0 Å². The molecular weight excluding hydrogens is 288 g/mol. The molecule has 0 aromatic rings. The van der Waals surface area contributed by atoms with Crippen LogP contribution in [0.25, 0.3) is 0 Å². The van der Waals surface area contributed by atoms with Crippen LogP contribution in [0.15, 0.2) is 48.6 Å². The van der Waals surface area contributed by atoms with Gasteiger partial charge in [-0.25, -0.2) is 0 Å². The summed E-state index contributed by atoms with van der Waals surface area (Å²) < 4.78 is 5.36. The molecule has 0 radical (unpaired) electrons. The molecule has 0 bridgehead atoms. The number of hydrogen-bond acceptors (Lipinski definition) is 3. The summed E-state index contributed by atoms with van der Waals surface area (Å²) in [5.41, 5.74) is 0. The van der Waals surface area contributed by atoms with Crippen molar-refractivity contribution >= 4 is 5.97 Å². The molecule has 1 aliphatic heterocycles. The van der Waals surface area contributed by atoms with Gasteiger partial charge in [-0.3, -0.25) is 4.79 Å². The lowest BCUT2D eigenvalue weighted by molar-refractivity contribution is -0.143. The van der Waals surface area contributed by atoms with Gasteiger partial charge in [0.1, 0.15) is 6.10 Å². The van der Waals surface area contributed by atoms with Gasteiger partial charge in [-0.1, -0.05) is 49.5 Å². The lowest BCUT2D eigenvalue weighted by Gasteiger charge is -2.15. The SMILES string of the molecule is CC/C=C\C/C=C\C/C=C\C/C=C\[C@@H]1OC(=O)[C@@H]2CC[C@H](O)[C@H]12. The summed E-state index contributed by atoms with van der Waals surface area (Å²) in [4.78, 5) is 11.7. The number of fused-ring (bicyclic) bond motifs is 1. The second-order valence-corrected chi connectivity index (χ2v) is 6.19. The summed E-state index contributed by atoms with van der Waals surface area (Å²) >= 11 is 0. The molecule has 3 nitrogen and oxygen atoms in total. The first-order valence-corrected chi connectivity index (χ1v) is 8.74. The quantitative estimate of drug-likeness (QED) is 0.541. The van der Waals surface area contributed by atoms with Crippen LogP contribution < -0.4 is 0 Å². The van der Waals surface area contributed by atoms with Gasteiger partial charge in [-0.2, -0.15) is 0 Å². The first-order valence-electron chi connectivity index (χ1n) is 8.74. The third-order valence-electron chi connectivity index (χ3n) is 4.49. The number of rotatable bonds is 8. The summed E-state index contributed by atoms with van der Waals surface area (Å²) in [5.74, 6) is -0.275. The van der Waals surface area contributed by atoms with Crippen molar-refractivity contribution in [1.29, 1.82) is 0 Å². The number of hydrogen-bond donors (Lipinski definition) is 1. The van der Waals surface area contributed by atoms with Crippen LogP contribution in [0.3, 0.4) is 0 Å². The van der Waals surface area contributed by atoms with E-state index in [4.69, 9.17) is 4.74 Å². The lowest BCUT2D eigenvalue weighted by atomic mass is 9.92. The van der Waals surface area contributed by atoms with Crippen molar-refractivity contribution < 1.29 is 14.6 Å². The van der Waals surface area contributed by atoms with Gasteiger partial charge >= 0.3 is 5.97 Å². The topological polar surface area (TPSA) is 46.5 Å². The molecule has 1 saturated heterocycles. The van der Waals surface area contributed by atoms with Crippen molar-refractivity contribution in [3.63, 3.8) is 0 Å². The first kappa shape index (κ1) is 17.7. The molecule has 0 spiro atoms. The van der Waals surface area contributed by atoms with Gasteiger partial charge in [0.25, 0.3) is 0 Å². The van der Waals surface area contributed by atoms with E-state index in [0.717, 1.165) is 32.1 Å². The highest BCUT2D eigenvalue weighted by Crippen LogP contribution is 2.42. The minimum Gasteiger partial charge on any atom is -0.457 e. The normalized spacial score (nSPS) is 31.1. The molecule has 2 rings (SSSR count). The number of esters is 1. The zero-order valence-corrected chi connectivity index (χ0v) is 13.9. The van der Waals surface area contributed by atoms with Crippen molar-refractivity contribution in [2.75, 3.05) is 0 Å². The molecule has 0 unspecified atom stereocenters. The van der Waals surface area contributed by atoms with E-state index in [1.54, 1.807) is 0 Å². The maximum Gasteiger partial charge on any atom is 0.310 e. The van der Waals surface area contributed by atoms with Crippen LogP contribution in [0.4, 0.5) is 0 Å². The van der Waals surface area contributed by atoms with E-state index in [9.17, 15) is 9.90 Å². The Morgan fingerprint density at radius 2 is 1.61 bits per heavy atom. The number of cyclic esters (lactones) is 1. The summed E-state index contributed by atoms with van der Waals surface area (Å²) in [6.07, 6.45) is 21.6. The van der Waals surface area contributed by atoms with E-state index in [1.807, 2.05) is 12.2 Å². The molecule has 1 saturated carbocycles. The molecule has 1 N–H and O–H groups in total. The number of aliphatic hydroxyl groups excluding tert-OH is 1. The van der Waals surface area contributed by atoms with Crippen molar-refractivity contribution in [2.45, 2.75) is 57.7 Å². The predicted octanol–water partition coefficient (Wildman–Crippen LogP) is 4.10. The largest absolute Gasteiger partial charge is 0.457 e. The Morgan fingerprint density at radius 3 is 2.26 bits per heavy atom. The zero-order chi connectivity index (χ0) is 16.5. The standard InChI is InChI=1S/C20H28O3/c1-2-3-4-5-6-7-8-9-10-11-12-13-18-19-16(20(22)23-18)14-15-17(19)21/h3-4,6-7,9-10,12-13,16-19,21H,2,5,8,11,14-15H2,1H3/b4-3-,7-6-,10-9-,13-12-/t16-,17+,18+,19-/m1/s1. The molecule has 0 aromatic heterocycles. The average Bonchev–Trinajstić information content (AvgIpc) is 3.07. The van der Waals surface area contributed by atoms with Gasteiger partial charge in [0.15, 0.2) is 0 Å². The van der Waals surface area contributed by atoms with E-state index < -0.39 is 6.10 Å². The summed E-state index contributed by atoms with van der Waals surface area (Å²) in [6, 6.07) is 0. The Labute approximate surface area is 139 Å². The van der Waals surface area contributed by atoms with Crippen LogP contribution in [0.1, 0.15) is 45.4 Å². The average molecular weight is 316 g/mol. The summed E-state index contributed by atoms with van der Waals surface area (Å²) in [5, 5.41) is 9.97. The Kier molecular flexibility index (Phi) is 7.34. The maximum absolute atomic E-state index is 11.7. The third kappa shape index (κ3) is 5.21. The Hall–Kier alpha value is -1.61. The van der Waals surface area contributed by atoms with Gasteiger partial charge in [-0.15, -0.1) is 0 Å². The second-order valence-electron chi connectivity index (χ2n) is 6.19. The number of ether oxygens (including phenoxy) is 1. The predicted molar refractivity (Wildman–Crippen MR) is 92.8 cm³/mol. The molecule has 126 valence electrons. The van der Waals surface area contributed by atoms with Crippen LogP contribution >= 0.6 is 0 Å². The fraction of sp³-hybridized carbons (Fsp3) is 0.550. The zero-order valence-electron chi connectivity index (χ0n) is 13.9. The molecular formula is C20H28O3. The van der Waals surface area contributed by atoms with Crippen molar-refractivity contribution in [2.24, 2.45) is 11.8 Å². The van der Waals surface area contributed by atoms with Crippen LogP contribution in [0, 0.1) is 11.8 Å². The van der Waals surface area contributed by atoms with Crippen molar-refractivity contribution in [1.82, 2.24) is 0 Å². The van der Waals surface area contributed by atoms with Crippen molar-refractivity contribution in [3.8, 4) is 0 Å². The van der Waals surface area contributed by atoms with E-state index >= 15 is 0 Å². The van der Waals surface area contributed by atoms with Gasteiger partial charge in [-0.05, 0) is 44.6 Å². The van der Waals surface area contributed by atoms with E-state index in [-0.39, 0.29) is 23.9 Å². The molecule has 4 atom stereocenters. The van der Waals surface area contributed by atoms with Crippen molar-refractivity contribution in [3.05, 3.63) is 48.6 Å². The minimum atomic E-state index is -0.400. The summed E-state index contributed by atoms with van der Waals surface area (Å²) in [6.45, 7) is 2.14. The highest BCUT2D eigenvalue weighted by Gasteiger charge is 2.50. The smallest absolute Gasteiger partial charge is 0.310 e.